The molecule has 144 valence electrons. The van der Waals surface area contributed by atoms with Crippen LogP contribution in [0.4, 0.5) is 17.3 Å². The summed E-state index contributed by atoms with van der Waals surface area (Å²) in [6, 6.07) is 13.3. The number of methoxy groups -OCH3 is 1. The molecule has 0 fully saturated rings. The number of carbonyl (C=O) groups is 1. The molecule has 0 aliphatic carbocycles. The number of nitrogens with one attached hydrogen (secondary N) is 2. The standard InChI is InChI=1S/C22H24N4O2/c1-13-9-10-19(28-5)17(11-13)24-22-23-16(4)12-18(25-22)21(27)26-20-14(2)7-6-8-15(20)3/h6-12H,1-5H3,(H,26,27)(H,23,24,25). The summed E-state index contributed by atoms with van der Waals surface area (Å²) < 4.78 is 5.39. The third kappa shape index (κ3) is 4.28. The van der Waals surface area contributed by atoms with Gasteiger partial charge in [0.15, 0.2) is 0 Å². The van der Waals surface area contributed by atoms with Crippen LogP contribution in [0.25, 0.3) is 0 Å². The van der Waals surface area contributed by atoms with Gasteiger partial charge < -0.3 is 15.4 Å². The summed E-state index contributed by atoms with van der Waals surface area (Å²) in [6.07, 6.45) is 0. The van der Waals surface area contributed by atoms with Gasteiger partial charge in [-0.1, -0.05) is 24.3 Å². The number of anilines is 3. The van der Waals surface area contributed by atoms with E-state index >= 15 is 0 Å². The molecule has 0 saturated carbocycles. The van der Waals surface area contributed by atoms with Crippen molar-refractivity contribution in [2.24, 2.45) is 0 Å². The van der Waals surface area contributed by atoms with Crippen molar-refractivity contribution in [3.8, 4) is 5.75 Å². The summed E-state index contributed by atoms with van der Waals surface area (Å²) in [4.78, 5) is 21.6. The minimum Gasteiger partial charge on any atom is -0.495 e. The molecule has 3 rings (SSSR count). The van der Waals surface area contributed by atoms with Gasteiger partial charge in [0.1, 0.15) is 11.4 Å². The molecule has 0 atom stereocenters. The van der Waals surface area contributed by atoms with Crippen LogP contribution in [-0.2, 0) is 0 Å². The Kier molecular flexibility index (Phi) is 5.59. The lowest BCUT2D eigenvalue weighted by Crippen LogP contribution is -2.17. The molecule has 28 heavy (non-hydrogen) atoms. The van der Waals surface area contributed by atoms with Crippen molar-refractivity contribution in [3.63, 3.8) is 0 Å². The number of ether oxygens (including phenoxy) is 1. The highest BCUT2D eigenvalue weighted by Gasteiger charge is 2.14. The molecule has 3 aromatic rings. The van der Waals surface area contributed by atoms with Gasteiger partial charge in [0.05, 0.1) is 12.8 Å². The average molecular weight is 376 g/mol. The molecule has 0 spiro atoms. The Hall–Kier alpha value is -3.41. The zero-order valence-corrected chi connectivity index (χ0v) is 16.8. The zero-order valence-electron chi connectivity index (χ0n) is 16.8. The smallest absolute Gasteiger partial charge is 0.274 e. The topological polar surface area (TPSA) is 76.1 Å². The first-order chi connectivity index (χ1) is 13.4. The van der Waals surface area contributed by atoms with Gasteiger partial charge >= 0.3 is 0 Å². The fourth-order valence-corrected chi connectivity index (χ4v) is 2.97. The summed E-state index contributed by atoms with van der Waals surface area (Å²) in [7, 11) is 1.61. The summed E-state index contributed by atoms with van der Waals surface area (Å²) in [5.41, 5.74) is 5.61. The number of hydrogen-bond donors (Lipinski definition) is 2. The van der Waals surface area contributed by atoms with Crippen molar-refractivity contribution in [1.82, 2.24) is 9.97 Å². The van der Waals surface area contributed by atoms with Crippen molar-refractivity contribution >= 4 is 23.2 Å². The van der Waals surface area contributed by atoms with Crippen LogP contribution in [0.3, 0.4) is 0 Å². The van der Waals surface area contributed by atoms with Gasteiger partial charge in [0.2, 0.25) is 5.95 Å². The molecule has 0 saturated heterocycles. The lowest BCUT2D eigenvalue weighted by Gasteiger charge is -2.13. The van der Waals surface area contributed by atoms with Crippen molar-refractivity contribution in [3.05, 3.63) is 70.5 Å². The monoisotopic (exact) mass is 376 g/mol. The quantitative estimate of drug-likeness (QED) is 0.674. The number of aryl methyl sites for hydroxylation is 4. The van der Waals surface area contributed by atoms with Crippen LogP contribution in [-0.4, -0.2) is 23.0 Å². The van der Waals surface area contributed by atoms with Crippen molar-refractivity contribution < 1.29 is 9.53 Å². The third-order valence-corrected chi connectivity index (χ3v) is 4.41. The fraction of sp³-hybridized carbons (Fsp3) is 0.227. The molecule has 0 bridgehead atoms. The number of aromatic nitrogens is 2. The second kappa shape index (κ2) is 8.08. The summed E-state index contributed by atoms with van der Waals surface area (Å²) >= 11 is 0. The Morgan fingerprint density at radius 2 is 1.68 bits per heavy atom. The first-order valence-corrected chi connectivity index (χ1v) is 9.02. The Morgan fingerprint density at radius 3 is 2.36 bits per heavy atom. The lowest BCUT2D eigenvalue weighted by molar-refractivity contribution is 0.102. The number of carbonyl (C=O) groups excluding carboxylic acids is 1. The molecule has 0 aliphatic rings. The minimum atomic E-state index is -0.276. The highest BCUT2D eigenvalue weighted by Crippen LogP contribution is 2.27. The molecule has 1 heterocycles. The largest absolute Gasteiger partial charge is 0.495 e. The second-order valence-corrected chi connectivity index (χ2v) is 6.77. The van der Waals surface area contributed by atoms with Crippen LogP contribution in [0.5, 0.6) is 5.75 Å². The highest BCUT2D eigenvalue weighted by molar-refractivity contribution is 6.04. The molecular weight excluding hydrogens is 352 g/mol. The Morgan fingerprint density at radius 1 is 0.964 bits per heavy atom. The van der Waals surface area contributed by atoms with Crippen LogP contribution in [0.15, 0.2) is 42.5 Å². The first kappa shape index (κ1) is 19.4. The Labute approximate surface area is 165 Å². The SMILES string of the molecule is COc1ccc(C)cc1Nc1nc(C)cc(C(=O)Nc2c(C)cccc2C)n1. The van der Waals surface area contributed by atoms with Gasteiger partial charge in [-0.25, -0.2) is 9.97 Å². The van der Waals surface area contributed by atoms with Crippen LogP contribution >= 0.6 is 0 Å². The molecule has 0 unspecified atom stereocenters. The van der Waals surface area contributed by atoms with E-state index < -0.39 is 0 Å². The van der Waals surface area contributed by atoms with Crippen molar-refractivity contribution in [2.45, 2.75) is 27.7 Å². The van der Waals surface area contributed by atoms with Gasteiger partial charge in [0.25, 0.3) is 5.91 Å². The highest BCUT2D eigenvalue weighted by atomic mass is 16.5. The maximum absolute atomic E-state index is 12.8. The number of rotatable bonds is 5. The number of benzene rings is 2. The number of para-hydroxylation sites is 1. The van der Waals surface area contributed by atoms with Gasteiger partial charge in [-0.3, -0.25) is 4.79 Å². The second-order valence-electron chi connectivity index (χ2n) is 6.77. The minimum absolute atomic E-state index is 0.276. The summed E-state index contributed by atoms with van der Waals surface area (Å²) in [6.45, 7) is 7.75. The molecule has 0 aliphatic heterocycles. The Bertz CT molecular complexity index is 1010. The van der Waals surface area contributed by atoms with Crippen molar-refractivity contribution in [2.75, 3.05) is 17.7 Å². The van der Waals surface area contributed by atoms with E-state index in [1.54, 1.807) is 13.2 Å². The van der Waals surface area contributed by atoms with E-state index in [1.165, 1.54) is 0 Å². The maximum atomic E-state index is 12.8. The predicted molar refractivity (Wildman–Crippen MR) is 112 cm³/mol. The predicted octanol–water partition coefficient (Wildman–Crippen LogP) is 4.71. The van der Waals surface area contributed by atoms with E-state index in [4.69, 9.17) is 4.74 Å². The van der Waals surface area contributed by atoms with Crippen LogP contribution < -0.4 is 15.4 Å². The summed E-state index contributed by atoms with van der Waals surface area (Å²) in [5.74, 6) is 0.745. The molecular formula is C22H24N4O2. The van der Waals surface area contributed by atoms with E-state index in [0.29, 0.717) is 23.1 Å². The Balaban J connectivity index is 1.89. The zero-order chi connectivity index (χ0) is 20.3. The molecule has 6 heteroatoms. The van der Waals surface area contributed by atoms with Crippen LogP contribution in [0, 0.1) is 27.7 Å². The maximum Gasteiger partial charge on any atom is 0.274 e. The van der Waals surface area contributed by atoms with Crippen LogP contribution in [0.2, 0.25) is 0 Å². The van der Waals surface area contributed by atoms with Gasteiger partial charge in [-0.05, 0) is 62.6 Å². The van der Waals surface area contributed by atoms with E-state index in [2.05, 4.69) is 20.6 Å². The fourth-order valence-electron chi connectivity index (χ4n) is 2.97. The van der Waals surface area contributed by atoms with Crippen molar-refractivity contribution in [1.29, 1.82) is 0 Å². The third-order valence-electron chi connectivity index (χ3n) is 4.41. The van der Waals surface area contributed by atoms with Gasteiger partial charge in [0, 0.05) is 11.4 Å². The average Bonchev–Trinajstić information content (AvgIpc) is 2.64. The van der Waals surface area contributed by atoms with E-state index in [-0.39, 0.29) is 5.91 Å². The number of nitrogens with zero attached hydrogens (tertiary/aromatic N) is 2. The molecule has 1 aromatic heterocycles. The normalized spacial score (nSPS) is 10.5. The molecule has 1 amide bonds. The number of amides is 1. The summed E-state index contributed by atoms with van der Waals surface area (Å²) in [5, 5.41) is 6.12. The van der Waals surface area contributed by atoms with Crippen LogP contribution in [0.1, 0.15) is 32.9 Å². The lowest BCUT2D eigenvalue weighted by atomic mass is 10.1. The van der Waals surface area contributed by atoms with E-state index in [9.17, 15) is 4.79 Å². The number of hydrogen-bond acceptors (Lipinski definition) is 5. The molecule has 6 nitrogen and oxygen atoms in total. The molecule has 2 N–H and O–H groups in total. The first-order valence-electron chi connectivity index (χ1n) is 9.02. The molecule has 2 aromatic carbocycles. The van der Waals surface area contributed by atoms with Gasteiger partial charge in [-0.15, -0.1) is 0 Å². The van der Waals surface area contributed by atoms with Gasteiger partial charge in [-0.2, -0.15) is 0 Å². The van der Waals surface area contributed by atoms with E-state index in [1.807, 2.05) is 64.1 Å². The van der Waals surface area contributed by atoms with E-state index in [0.717, 1.165) is 28.1 Å². The molecule has 0 radical (unpaired) electrons.